The topological polar surface area (TPSA) is 102 Å². The fourth-order valence-corrected chi connectivity index (χ4v) is 1.16. The average Bonchev–Trinajstić information content (AvgIpc) is 2.27. The summed E-state index contributed by atoms with van der Waals surface area (Å²) in [5.41, 5.74) is 5.79. The molecular weight excluding hydrogens is 224 g/mol. The molecule has 1 rings (SSSR count). The van der Waals surface area contributed by atoms with Crippen LogP contribution in [-0.4, -0.2) is 30.1 Å². The molecular formula is C11H14N2O4. The summed E-state index contributed by atoms with van der Waals surface area (Å²) in [6, 6.07) is 6.51. The molecule has 0 radical (unpaired) electrons. The minimum atomic E-state index is -1.05. The number of hydrogen-bond acceptors (Lipinski definition) is 4. The smallest absolute Gasteiger partial charge is 0.341 e. The second kappa shape index (κ2) is 6.49. The summed E-state index contributed by atoms with van der Waals surface area (Å²) in [6.45, 7) is -0.138. The Morgan fingerprint density at radius 1 is 1.41 bits per heavy atom. The van der Waals surface area contributed by atoms with Crippen molar-refractivity contribution in [1.29, 1.82) is 0 Å². The lowest BCUT2D eigenvalue weighted by molar-refractivity contribution is -0.139. The number of anilines is 1. The number of carbonyl (C=O) groups excluding carboxylic acids is 1. The van der Waals surface area contributed by atoms with Crippen molar-refractivity contribution in [3.8, 4) is 5.75 Å². The van der Waals surface area contributed by atoms with E-state index in [2.05, 4.69) is 5.32 Å². The third kappa shape index (κ3) is 4.98. The highest BCUT2D eigenvalue weighted by molar-refractivity contribution is 5.90. The van der Waals surface area contributed by atoms with Crippen molar-refractivity contribution in [2.45, 2.75) is 6.42 Å². The number of rotatable bonds is 6. The van der Waals surface area contributed by atoms with Crippen molar-refractivity contribution in [3.63, 3.8) is 0 Å². The summed E-state index contributed by atoms with van der Waals surface area (Å²) >= 11 is 0. The number of ether oxygens (including phenoxy) is 1. The molecule has 0 bridgehead atoms. The molecule has 0 saturated heterocycles. The van der Waals surface area contributed by atoms with Crippen molar-refractivity contribution < 1.29 is 19.4 Å². The zero-order chi connectivity index (χ0) is 12.7. The van der Waals surface area contributed by atoms with Crippen LogP contribution in [0.5, 0.6) is 5.75 Å². The first-order chi connectivity index (χ1) is 8.11. The summed E-state index contributed by atoms with van der Waals surface area (Å²) in [7, 11) is 0. The van der Waals surface area contributed by atoms with E-state index in [0.717, 1.165) is 0 Å². The predicted molar refractivity (Wildman–Crippen MR) is 61.9 cm³/mol. The van der Waals surface area contributed by atoms with Gasteiger partial charge in [-0.3, -0.25) is 4.79 Å². The molecule has 6 nitrogen and oxygen atoms in total. The van der Waals surface area contributed by atoms with Gasteiger partial charge in [0.15, 0.2) is 6.61 Å². The molecule has 0 spiro atoms. The number of nitrogens with two attached hydrogens (primary N) is 1. The van der Waals surface area contributed by atoms with Gasteiger partial charge < -0.3 is 20.9 Å². The highest BCUT2D eigenvalue weighted by atomic mass is 16.5. The van der Waals surface area contributed by atoms with Crippen molar-refractivity contribution in [2.24, 2.45) is 5.73 Å². The first-order valence-corrected chi connectivity index (χ1v) is 5.06. The Hall–Kier alpha value is -2.08. The quantitative estimate of drug-likeness (QED) is 0.667. The molecule has 1 amide bonds. The lowest BCUT2D eigenvalue weighted by Crippen LogP contribution is -2.16. The second-order valence-corrected chi connectivity index (χ2v) is 3.30. The minimum absolute atomic E-state index is 0.192. The summed E-state index contributed by atoms with van der Waals surface area (Å²) in [6.07, 6.45) is 0.236. The zero-order valence-electron chi connectivity index (χ0n) is 9.18. The van der Waals surface area contributed by atoms with Crippen LogP contribution in [0.3, 0.4) is 0 Å². The van der Waals surface area contributed by atoms with E-state index in [0.29, 0.717) is 11.4 Å². The Kier molecular flexibility index (Phi) is 4.96. The fourth-order valence-electron chi connectivity index (χ4n) is 1.16. The number of hydrogen-bond donors (Lipinski definition) is 3. The van der Waals surface area contributed by atoms with Crippen LogP contribution in [0.1, 0.15) is 6.42 Å². The van der Waals surface area contributed by atoms with Crippen LogP contribution >= 0.6 is 0 Å². The molecule has 0 unspecified atom stereocenters. The van der Waals surface area contributed by atoms with Crippen LogP contribution in [0.4, 0.5) is 5.69 Å². The molecule has 0 aromatic heterocycles. The summed E-state index contributed by atoms with van der Waals surface area (Å²) < 4.78 is 4.97. The Labute approximate surface area is 98.4 Å². The van der Waals surface area contributed by atoms with Crippen LogP contribution in [0.25, 0.3) is 0 Å². The Bertz CT molecular complexity index is 406. The summed E-state index contributed by atoms with van der Waals surface area (Å²) in [4.78, 5) is 21.6. The van der Waals surface area contributed by atoms with E-state index in [-0.39, 0.29) is 18.9 Å². The zero-order valence-corrected chi connectivity index (χ0v) is 9.18. The maximum absolute atomic E-state index is 11.3. The molecule has 92 valence electrons. The van der Waals surface area contributed by atoms with E-state index < -0.39 is 12.6 Å². The molecule has 1 aromatic rings. The van der Waals surface area contributed by atoms with E-state index in [4.69, 9.17) is 15.6 Å². The fraction of sp³-hybridized carbons (Fsp3) is 0.273. The van der Waals surface area contributed by atoms with Gasteiger partial charge in [-0.1, -0.05) is 6.07 Å². The molecule has 1 aromatic carbocycles. The summed E-state index contributed by atoms with van der Waals surface area (Å²) in [5.74, 6) is -0.858. The largest absolute Gasteiger partial charge is 0.482 e. The van der Waals surface area contributed by atoms with E-state index in [9.17, 15) is 9.59 Å². The molecule has 0 atom stereocenters. The van der Waals surface area contributed by atoms with Crippen molar-refractivity contribution in [3.05, 3.63) is 24.3 Å². The first kappa shape index (κ1) is 13.0. The van der Waals surface area contributed by atoms with Gasteiger partial charge in [-0.25, -0.2) is 4.79 Å². The van der Waals surface area contributed by atoms with Crippen LogP contribution in [0, 0.1) is 0 Å². The van der Waals surface area contributed by atoms with E-state index in [1.807, 2.05) is 0 Å². The SMILES string of the molecule is NCCC(=O)Nc1cccc(OCC(=O)O)c1. The van der Waals surface area contributed by atoms with Gasteiger partial charge in [0.05, 0.1) is 0 Å². The minimum Gasteiger partial charge on any atom is -0.482 e. The highest BCUT2D eigenvalue weighted by Crippen LogP contribution is 2.17. The summed E-state index contributed by atoms with van der Waals surface area (Å²) in [5, 5.41) is 11.1. The van der Waals surface area contributed by atoms with Gasteiger partial charge >= 0.3 is 5.97 Å². The van der Waals surface area contributed by atoms with E-state index in [1.165, 1.54) is 0 Å². The van der Waals surface area contributed by atoms with E-state index >= 15 is 0 Å². The first-order valence-electron chi connectivity index (χ1n) is 5.06. The van der Waals surface area contributed by atoms with Gasteiger partial charge in [0.2, 0.25) is 5.91 Å². The number of carboxylic acid groups (broad SMARTS) is 1. The molecule has 0 aliphatic heterocycles. The van der Waals surface area contributed by atoms with Gasteiger partial charge in [0.25, 0.3) is 0 Å². The van der Waals surface area contributed by atoms with Gasteiger partial charge in [-0.2, -0.15) is 0 Å². The molecule has 17 heavy (non-hydrogen) atoms. The number of nitrogens with one attached hydrogen (secondary N) is 1. The normalized spacial score (nSPS) is 9.71. The Morgan fingerprint density at radius 2 is 2.18 bits per heavy atom. The maximum Gasteiger partial charge on any atom is 0.341 e. The van der Waals surface area contributed by atoms with Crippen LogP contribution in [0.2, 0.25) is 0 Å². The number of amides is 1. The van der Waals surface area contributed by atoms with Gasteiger partial charge in [-0.15, -0.1) is 0 Å². The maximum atomic E-state index is 11.3. The molecule has 0 heterocycles. The third-order valence-corrected chi connectivity index (χ3v) is 1.85. The molecule has 0 aliphatic carbocycles. The number of benzene rings is 1. The lowest BCUT2D eigenvalue weighted by Gasteiger charge is -2.07. The van der Waals surface area contributed by atoms with Crippen molar-refractivity contribution in [1.82, 2.24) is 0 Å². The predicted octanol–water partition coefficient (Wildman–Crippen LogP) is 0.437. The van der Waals surface area contributed by atoms with Gasteiger partial charge in [0, 0.05) is 24.7 Å². The van der Waals surface area contributed by atoms with Crippen molar-refractivity contribution in [2.75, 3.05) is 18.5 Å². The average molecular weight is 238 g/mol. The number of carboxylic acids is 1. The lowest BCUT2D eigenvalue weighted by atomic mass is 10.3. The molecule has 0 aliphatic rings. The van der Waals surface area contributed by atoms with Gasteiger partial charge in [0.1, 0.15) is 5.75 Å². The molecule has 0 fully saturated rings. The van der Waals surface area contributed by atoms with Crippen molar-refractivity contribution >= 4 is 17.6 Å². The van der Waals surface area contributed by atoms with Crippen LogP contribution in [0.15, 0.2) is 24.3 Å². The monoisotopic (exact) mass is 238 g/mol. The van der Waals surface area contributed by atoms with Crippen LogP contribution < -0.4 is 15.8 Å². The number of carbonyl (C=O) groups is 2. The molecule has 4 N–H and O–H groups in total. The Morgan fingerprint density at radius 3 is 2.82 bits per heavy atom. The molecule has 6 heteroatoms. The highest BCUT2D eigenvalue weighted by Gasteiger charge is 2.03. The second-order valence-electron chi connectivity index (χ2n) is 3.30. The van der Waals surface area contributed by atoms with Gasteiger partial charge in [-0.05, 0) is 12.1 Å². The van der Waals surface area contributed by atoms with E-state index in [1.54, 1.807) is 24.3 Å². The standard InChI is InChI=1S/C11H14N2O4/c12-5-4-10(14)13-8-2-1-3-9(6-8)17-7-11(15)16/h1-3,6H,4-5,7,12H2,(H,13,14)(H,15,16). The Balaban J connectivity index is 2.59. The third-order valence-electron chi connectivity index (χ3n) is 1.85. The van der Waals surface area contributed by atoms with Crippen LogP contribution in [-0.2, 0) is 9.59 Å². The molecule has 0 saturated carbocycles. The number of aliphatic carboxylic acids is 1.